The largest absolute Gasteiger partial charge is 0.453 e. The lowest BCUT2D eigenvalue weighted by Gasteiger charge is -2.12. The molecule has 1 aromatic carbocycles. The normalized spacial score (nSPS) is 12.1. The molecule has 0 saturated carbocycles. The van der Waals surface area contributed by atoms with Gasteiger partial charge in [0.25, 0.3) is 5.69 Å². The van der Waals surface area contributed by atoms with Crippen LogP contribution < -0.4 is 0 Å². The summed E-state index contributed by atoms with van der Waals surface area (Å²) in [4.78, 5) is 26.9. The molecule has 3 aromatic rings. The van der Waals surface area contributed by atoms with Gasteiger partial charge in [0.05, 0.1) is 4.92 Å². The minimum Gasteiger partial charge on any atom is -0.453 e. The molecule has 0 spiro atoms. The minimum absolute atomic E-state index is 0.0428. The molecule has 2 heterocycles. The van der Waals surface area contributed by atoms with Crippen molar-refractivity contribution in [3.05, 3.63) is 75.7 Å². The summed E-state index contributed by atoms with van der Waals surface area (Å²) in [5.41, 5.74) is 2.31. The van der Waals surface area contributed by atoms with Crippen molar-refractivity contribution < 1.29 is 14.5 Å². The Balaban J connectivity index is 1.81. The van der Waals surface area contributed by atoms with E-state index < -0.39 is 17.0 Å². The van der Waals surface area contributed by atoms with Crippen LogP contribution >= 0.6 is 0 Å². The lowest BCUT2D eigenvalue weighted by Crippen LogP contribution is -2.09. The van der Waals surface area contributed by atoms with E-state index in [9.17, 15) is 14.9 Å². The zero-order chi connectivity index (χ0) is 17.3. The number of rotatable bonds is 4. The highest BCUT2D eigenvalue weighted by Crippen LogP contribution is 2.23. The Labute approximate surface area is 137 Å². The second-order valence-electron chi connectivity index (χ2n) is 5.42. The van der Waals surface area contributed by atoms with Gasteiger partial charge in [-0.2, -0.15) is 0 Å². The number of non-ortho nitro benzene ring substituents is 1. The van der Waals surface area contributed by atoms with E-state index in [1.54, 1.807) is 35.7 Å². The van der Waals surface area contributed by atoms with Gasteiger partial charge in [0.2, 0.25) is 0 Å². The molecule has 0 amide bonds. The first-order chi connectivity index (χ1) is 11.5. The molecule has 2 aromatic heterocycles. The number of carbonyl (C=O) groups is 1. The van der Waals surface area contributed by atoms with Gasteiger partial charge in [-0.25, -0.2) is 9.78 Å². The number of hydrogen-bond acceptors (Lipinski definition) is 5. The lowest BCUT2D eigenvalue weighted by molar-refractivity contribution is -0.385. The highest BCUT2D eigenvalue weighted by atomic mass is 16.6. The van der Waals surface area contributed by atoms with Crippen LogP contribution in [0.1, 0.15) is 34.8 Å². The van der Waals surface area contributed by atoms with Crippen LogP contribution in [-0.2, 0) is 4.74 Å². The van der Waals surface area contributed by atoms with Crippen molar-refractivity contribution >= 4 is 17.3 Å². The van der Waals surface area contributed by atoms with Gasteiger partial charge in [0.15, 0.2) is 5.69 Å². The Kier molecular flexibility index (Phi) is 3.99. The third kappa shape index (κ3) is 2.96. The number of fused-ring (bicyclic) bond motifs is 1. The van der Waals surface area contributed by atoms with Gasteiger partial charge >= 0.3 is 5.97 Å². The fourth-order valence-corrected chi connectivity index (χ4v) is 2.43. The highest BCUT2D eigenvalue weighted by molar-refractivity contribution is 5.88. The first-order valence-electron chi connectivity index (χ1n) is 7.36. The van der Waals surface area contributed by atoms with Crippen LogP contribution in [0.15, 0.2) is 48.7 Å². The van der Waals surface area contributed by atoms with Crippen molar-refractivity contribution in [2.75, 3.05) is 0 Å². The fraction of sp³-hybridized carbons (Fsp3) is 0.176. The van der Waals surface area contributed by atoms with Crippen LogP contribution in [0.5, 0.6) is 0 Å². The number of carbonyl (C=O) groups excluding carboxylic acids is 1. The van der Waals surface area contributed by atoms with Gasteiger partial charge in [-0.1, -0.05) is 18.2 Å². The maximum atomic E-state index is 12.3. The maximum absolute atomic E-state index is 12.3. The summed E-state index contributed by atoms with van der Waals surface area (Å²) in [6.45, 7) is 3.58. The minimum atomic E-state index is -0.622. The third-order valence-corrected chi connectivity index (χ3v) is 3.74. The van der Waals surface area contributed by atoms with Crippen molar-refractivity contribution in [3.8, 4) is 0 Å². The van der Waals surface area contributed by atoms with Crippen molar-refractivity contribution in [1.82, 2.24) is 9.38 Å². The number of aromatic nitrogens is 2. The molecule has 7 heteroatoms. The van der Waals surface area contributed by atoms with Gasteiger partial charge in [-0.3, -0.25) is 10.1 Å². The molecule has 7 nitrogen and oxygen atoms in total. The molecule has 0 unspecified atom stereocenters. The maximum Gasteiger partial charge on any atom is 0.359 e. The predicted octanol–water partition coefficient (Wildman–Crippen LogP) is 3.47. The van der Waals surface area contributed by atoms with Gasteiger partial charge in [0, 0.05) is 24.0 Å². The van der Waals surface area contributed by atoms with E-state index in [2.05, 4.69) is 4.98 Å². The van der Waals surface area contributed by atoms with E-state index in [1.807, 2.05) is 19.1 Å². The number of benzene rings is 1. The molecule has 122 valence electrons. The summed E-state index contributed by atoms with van der Waals surface area (Å²) >= 11 is 0. The summed E-state index contributed by atoms with van der Waals surface area (Å²) < 4.78 is 7.19. The van der Waals surface area contributed by atoms with E-state index in [1.165, 1.54) is 12.1 Å². The summed E-state index contributed by atoms with van der Waals surface area (Å²) in [6, 6.07) is 11.6. The van der Waals surface area contributed by atoms with Crippen LogP contribution in [0.2, 0.25) is 0 Å². The topological polar surface area (TPSA) is 86.7 Å². The quantitative estimate of drug-likeness (QED) is 0.416. The number of pyridine rings is 1. The molecular formula is C17H15N3O4. The molecule has 0 bridgehead atoms. The van der Waals surface area contributed by atoms with Crippen LogP contribution in [0.3, 0.4) is 0 Å². The molecule has 0 N–H and O–H groups in total. The Morgan fingerprint density at radius 3 is 2.75 bits per heavy atom. The standard InChI is InChI=1S/C17H15N3O4/c1-11-5-3-8-16-18-15(10-19(11)16)17(21)24-12(2)13-6-4-7-14(9-13)20(22)23/h3-10,12H,1-2H3/t12-/m1/s1. The summed E-state index contributed by atoms with van der Waals surface area (Å²) in [5, 5.41) is 10.8. The number of aryl methyl sites for hydroxylation is 1. The van der Waals surface area contributed by atoms with Crippen LogP contribution in [0, 0.1) is 17.0 Å². The van der Waals surface area contributed by atoms with Gasteiger partial charge in [0.1, 0.15) is 11.8 Å². The zero-order valence-electron chi connectivity index (χ0n) is 13.2. The molecule has 0 aliphatic carbocycles. The van der Waals surface area contributed by atoms with Crippen LogP contribution in [-0.4, -0.2) is 20.3 Å². The highest BCUT2D eigenvalue weighted by Gasteiger charge is 2.18. The third-order valence-electron chi connectivity index (χ3n) is 3.74. The number of ether oxygens (including phenoxy) is 1. The van der Waals surface area contributed by atoms with Crippen molar-refractivity contribution in [3.63, 3.8) is 0 Å². The van der Waals surface area contributed by atoms with E-state index in [0.29, 0.717) is 11.2 Å². The molecule has 0 aliphatic heterocycles. The molecule has 1 atom stereocenters. The number of nitro groups is 1. The number of esters is 1. The molecule has 0 radical (unpaired) electrons. The fourth-order valence-electron chi connectivity index (χ4n) is 2.43. The van der Waals surface area contributed by atoms with Crippen LogP contribution in [0.25, 0.3) is 5.65 Å². The molecule has 3 rings (SSSR count). The Bertz CT molecular complexity index is 932. The number of hydrogen-bond donors (Lipinski definition) is 0. The van der Waals surface area contributed by atoms with Gasteiger partial charge in [-0.15, -0.1) is 0 Å². The van der Waals surface area contributed by atoms with Crippen LogP contribution in [0.4, 0.5) is 5.69 Å². The average molecular weight is 325 g/mol. The monoisotopic (exact) mass is 325 g/mol. The van der Waals surface area contributed by atoms with Gasteiger partial charge in [-0.05, 0) is 31.5 Å². The zero-order valence-corrected chi connectivity index (χ0v) is 13.2. The second-order valence-corrected chi connectivity index (χ2v) is 5.42. The predicted molar refractivity (Wildman–Crippen MR) is 86.9 cm³/mol. The van der Waals surface area contributed by atoms with Gasteiger partial charge < -0.3 is 9.14 Å². The summed E-state index contributed by atoms with van der Waals surface area (Å²) in [5.74, 6) is -0.572. The number of nitro benzene ring substituents is 1. The van der Waals surface area contributed by atoms with E-state index >= 15 is 0 Å². The SMILES string of the molecule is Cc1cccc2nc(C(=O)O[C@H](C)c3cccc([N+](=O)[O-])c3)cn12. The molecule has 24 heavy (non-hydrogen) atoms. The smallest absolute Gasteiger partial charge is 0.359 e. The lowest BCUT2D eigenvalue weighted by atomic mass is 10.1. The summed E-state index contributed by atoms with van der Waals surface area (Å²) in [7, 11) is 0. The Hall–Kier alpha value is -3.22. The number of imidazole rings is 1. The molecule has 0 saturated heterocycles. The first kappa shape index (κ1) is 15.7. The Morgan fingerprint density at radius 1 is 1.29 bits per heavy atom. The molecular weight excluding hydrogens is 310 g/mol. The van der Waals surface area contributed by atoms with E-state index in [4.69, 9.17) is 4.74 Å². The molecule has 0 aliphatic rings. The van der Waals surface area contributed by atoms with Crippen molar-refractivity contribution in [1.29, 1.82) is 0 Å². The second kappa shape index (κ2) is 6.11. The van der Waals surface area contributed by atoms with E-state index in [-0.39, 0.29) is 11.4 Å². The van der Waals surface area contributed by atoms with E-state index in [0.717, 1.165) is 5.69 Å². The Morgan fingerprint density at radius 2 is 2.04 bits per heavy atom. The average Bonchev–Trinajstić information content (AvgIpc) is 3.00. The van der Waals surface area contributed by atoms with Crippen molar-refractivity contribution in [2.24, 2.45) is 0 Å². The summed E-state index contributed by atoms with van der Waals surface area (Å²) in [6.07, 6.45) is 0.996. The van der Waals surface area contributed by atoms with Crippen molar-refractivity contribution in [2.45, 2.75) is 20.0 Å². The first-order valence-corrected chi connectivity index (χ1v) is 7.36. The molecule has 0 fully saturated rings. The number of nitrogens with zero attached hydrogens (tertiary/aromatic N) is 3.